The van der Waals surface area contributed by atoms with Crippen molar-refractivity contribution in [1.29, 1.82) is 0 Å². The number of aromatic nitrogens is 3. The van der Waals surface area contributed by atoms with E-state index in [1.54, 1.807) is 0 Å². The van der Waals surface area contributed by atoms with Crippen LogP contribution in [0.25, 0.3) is 50.9 Å². The van der Waals surface area contributed by atoms with Gasteiger partial charge in [0.25, 0.3) is 0 Å². The first-order valence-corrected chi connectivity index (χ1v) is 15.4. The van der Waals surface area contributed by atoms with Gasteiger partial charge in [0.15, 0.2) is 0 Å². The molecule has 44 heavy (non-hydrogen) atoms. The van der Waals surface area contributed by atoms with Crippen LogP contribution in [0.3, 0.4) is 0 Å². The summed E-state index contributed by atoms with van der Waals surface area (Å²) in [6, 6.07) is 42.8. The van der Waals surface area contributed by atoms with Gasteiger partial charge in [0.1, 0.15) is 0 Å². The highest BCUT2D eigenvalue weighted by Crippen LogP contribution is 2.47. The first-order chi connectivity index (χ1) is 21.8. The number of fused-ring (bicyclic) bond motifs is 6. The van der Waals surface area contributed by atoms with Crippen LogP contribution in [0.15, 0.2) is 146 Å². The third-order valence-electron chi connectivity index (χ3n) is 9.34. The van der Waals surface area contributed by atoms with Crippen molar-refractivity contribution in [1.82, 2.24) is 14.5 Å². The van der Waals surface area contributed by atoms with Crippen LogP contribution in [0.1, 0.15) is 6.42 Å². The quantitative estimate of drug-likeness (QED) is 0.225. The number of allylic oxidation sites excluding steroid dienone is 2. The topological polar surface area (TPSA) is 34.0 Å². The summed E-state index contributed by atoms with van der Waals surface area (Å²) in [5.41, 5.74) is 7.71. The number of benzene rings is 4. The summed E-state index contributed by atoms with van der Waals surface area (Å²) in [6.45, 7) is 0. The zero-order valence-electron chi connectivity index (χ0n) is 24.2. The fourth-order valence-electron chi connectivity index (χ4n) is 7.43. The van der Waals surface area contributed by atoms with Gasteiger partial charge in [-0.05, 0) is 30.7 Å². The Labute approximate surface area is 256 Å². The molecule has 1 fully saturated rings. The van der Waals surface area contributed by atoms with E-state index in [0.29, 0.717) is 11.8 Å². The molecule has 6 aromatic rings. The van der Waals surface area contributed by atoms with Crippen molar-refractivity contribution in [2.75, 3.05) is 4.90 Å². The fraction of sp³-hybridized carbons (Fsp3) is 0.100. The summed E-state index contributed by atoms with van der Waals surface area (Å²) < 4.78 is 2.46. The van der Waals surface area contributed by atoms with Crippen LogP contribution in [0.2, 0.25) is 0 Å². The Bertz CT molecular complexity index is 2150. The number of rotatable bonds is 4. The minimum atomic E-state index is 0.122. The lowest BCUT2D eigenvalue weighted by atomic mass is 9.83. The van der Waals surface area contributed by atoms with E-state index in [2.05, 4.69) is 161 Å². The number of hydrogen-bond acceptors (Lipinski definition) is 3. The Balaban J connectivity index is 1.39. The van der Waals surface area contributed by atoms with Gasteiger partial charge in [0, 0.05) is 39.3 Å². The summed E-state index contributed by atoms with van der Waals surface area (Å²) in [4.78, 5) is 13.1. The van der Waals surface area contributed by atoms with E-state index in [1.807, 2.05) is 0 Å². The van der Waals surface area contributed by atoms with Crippen molar-refractivity contribution >= 4 is 28.6 Å². The standard InChI is InChI=1S/C40H30N4/c1-4-14-27(15-5-1)34-26-35(28-16-6-2-7-17-28)42-40(41-34)44-37-23-13-11-21-31(37)33-25-24-32-30-20-10-12-22-36(30)43(38(32)39(33)44)29-18-8-3-9-19-29/h1-24,26,31,33,37H,25H2. The smallest absolute Gasteiger partial charge is 0.231 e. The van der Waals surface area contributed by atoms with Gasteiger partial charge in [-0.3, -0.25) is 0 Å². The zero-order chi connectivity index (χ0) is 29.0. The summed E-state index contributed by atoms with van der Waals surface area (Å²) in [6.07, 6.45) is 12.6. The van der Waals surface area contributed by atoms with Gasteiger partial charge < -0.3 is 9.47 Å². The molecule has 3 atom stereocenters. The second kappa shape index (κ2) is 10.1. The third-order valence-corrected chi connectivity index (χ3v) is 9.34. The Morgan fingerprint density at radius 1 is 0.636 bits per heavy atom. The van der Waals surface area contributed by atoms with Crippen LogP contribution >= 0.6 is 0 Å². The maximum atomic E-state index is 5.34. The highest BCUT2D eigenvalue weighted by molar-refractivity contribution is 5.87. The molecule has 210 valence electrons. The maximum absolute atomic E-state index is 5.34. The summed E-state index contributed by atoms with van der Waals surface area (Å²) in [7, 11) is 0. The molecule has 3 heterocycles. The molecule has 1 aliphatic heterocycles. The van der Waals surface area contributed by atoms with Crippen LogP contribution in [-0.4, -0.2) is 20.6 Å². The summed E-state index contributed by atoms with van der Waals surface area (Å²) in [5.74, 6) is 1.38. The second-order valence-corrected chi connectivity index (χ2v) is 11.8. The fourth-order valence-corrected chi connectivity index (χ4v) is 7.43. The molecule has 3 unspecified atom stereocenters. The second-order valence-electron chi connectivity index (χ2n) is 11.8. The van der Waals surface area contributed by atoms with Gasteiger partial charge in [-0.25, -0.2) is 9.97 Å². The number of hydrogen-bond donors (Lipinski definition) is 0. The molecule has 4 nitrogen and oxygen atoms in total. The lowest BCUT2D eigenvalue weighted by Gasteiger charge is -2.27. The molecule has 9 rings (SSSR count). The summed E-state index contributed by atoms with van der Waals surface area (Å²) in [5, 5.41) is 3.83. The van der Waals surface area contributed by atoms with Crippen LogP contribution in [0.5, 0.6) is 0 Å². The Hall–Kier alpha value is -5.48. The van der Waals surface area contributed by atoms with Gasteiger partial charge in [-0.15, -0.1) is 0 Å². The van der Waals surface area contributed by atoms with Crippen molar-refractivity contribution < 1.29 is 0 Å². The molecule has 0 amide bonds. The van der Waals surface area contributed by atoms with E-state index in [1.165, 1.54) is 27.2 Å². The Morgan fingerprint density at radius 3 is 1.95 bits per heavy atom. The molecule has 2 aliphatic carbocycles. The molecular formula is C40H30N4. The van der Waals surface area contributed by atoms with Gasteiger partial charge in [-0.1, -0.05) is 127 Å². The van der Waals surface area contributed by atoms with E-state index in [4.69, 9.17) is 9.97 Å². The lowest BCUT2D eigenvalue weighted by molar-refractivity contribution is 0.511. The van der Waals surface area contributed by atoms with Crippen molar-refractivity contribution in [3.63, 3.8) is 0 Å². The molecule has 0 saturated carbocycles. The van der Waals surface area contributed by atoms with Gasteiger partial charge in [0.2, 0.25) is 5.95 Å². The van der Waals surface area contributed by atoms with Crippen molar-refractivity contribution in [3.05, 3.63) is 156 Å². The van der Waals surface area contributed by atoms with E-state index >= 15 is 0 Å². The van der Waals surface area contributed by atoms with E-state index in [0.717, 1.165) is 40.6 Å². The average molecular weight is 567 g/mol. The third kappa shape index (κ3) is 3.84. The van der Waals surface area contributed by atoms with Crippen molar-refractivity contribution in [2.45, 2.75) is 12.5 Å². The number of nitrogens with zero attached hydrogens (tertiary/aromatic N) is 4. The predicted molar refractivity (Wildman–Crippen MR) is 179 cm³/mol. The van der Waals surface area contributed by atoms with Gasteiger partial charge in [-0.2, -0.15) is 0 Å². The monoisotopic (exact) mass is 566 g/mol. The highest BCUT2D eigenvalue weighted by Gasteiger charge is 2.46. The SMILES string of the molecule is C1=CC2C3CC=c4c(n(-c5ccccc5)c5ccccc45)=C3N(c3nc(-c4ccccc4)cc(-c4ccccc4)n3)C2C=C1. The first kappa shape index (κ1) is 25.1. The largest absolute Gasteiger partial charge is 0.308 e. The Morgan fingerprint density at radius 2 is 1.25 bits per heavy atom. The Kier molecular flexibility index (Phi) is 5.73. The molecule has 4 aromatic carbocycles. The van der Waals surface area contributed by atoms with Crippen LogP contribution in [0, 0.1) is 11.8 Å². The van der Waals surface area contributed by atoms with Crippen molar-refractivity contribution in [3.8, 4) is 28.2 Å². The molecule has 4 heteroatoms. The first-order valence-electron chi connectivity index (χ1n) is 15.4. The van der Waals surface area contributed by atoms with Gasteiger partial charge in [0.05, 0.1) is 34.0 Å². The lowest BCUT2D eigenvalue weighted by Crippen LogP contribution is -2.41. The molecule has 0 radical (unpaired) electrons. The van der Waals surface area contributed by atoms with E-state index in [9.17, 15) is 0 Å². The van der Waals surface area contributed by atoms with Crippen molar-refractivity contribution in [2.24, 2.45) is 11.8 Å². The molecule has 0 bridgehead atoms. The van der Waals surface area contributed by atoms with Crippen LogP contribution in [-0.2, 0) is 0 Å². The molecule has 2 aromatic heterocycles. The average Bonchev–Trinajstić information content (AvgIpc) is 3.62. The summed E-state index contributed by atoms with van der Waals surface area (Å²) >= 11 is 0. The van der Waals surface area contributed by atoms with E-state index < -0.39 is 0 Å². The minimum absolute atomic E-state index is 0.122. The molecule has 3 aliphatic rings. The maximum Gasteiger partial charge on any atom is 0.231 e. The van der Waals surface area contributed by atoms with Gasteiger partial charge >= 0.3 is 0 Å². The number of anilines is 1. The molecule has 0 N–H and O–H groups in total. The molecule has 1 saturated heterocycles. The van der Waals surface area contributed by atoms with E-state index in [-0.39, 0.29) is 6.04 Å². The zero-order valence-corrected chi connectivity index (χ0v) is 24.2. The number of para-hydroxylation sites is 2. The van der Waals surface area contributed by atoms with Crippen LogP contribution in [0.4, 0.5) is 5.95 Å². The van der Waals surface area contributed by atoms with Crippen LogP contribution < -0.4 is 15.5 Å². The minimum Gasteiger partial charge on any atom is -0.308 e. The predicted octanol–water partition coefficient (Wildman–Crippen LogP) is 7.29. The molecule has 0 spiro atoms. The normalized spacial score (nSPS) is 19.9. The highest BCUT2D eigenvalue weighted by atomic mass is 15.3. The molecular weight excluding hydrogens is 536 g/mol.